The van der Waals surface area contributed by atoms with Crippen LogP contribution in [0.4, 0.5) is 0 Å². The minimum atomic E-state index is 0.645. The fourth-order valence-corrected chi connectivity index (χ4v) is 1.46. The second-order valence-corrected chi connectivity index (χ2v) is 3.82. The van der Waals surface area contributed by atoms with Gasteiger partial charge in [0, 0.05) is 6.07 Å². The Hall–Kier alpha value is -1.18. The van der Waals surface area contributed by atoms with Crippen LogP contribution >= 0.6 is 0 Å². The standard InChI is InChI=1S/C12H18O2/c1-9(2)5-10-6-11(13-3)8-12(7-10)14-4/h6-9H,5H2,1-4H3. The van der Waals surface area contributed by atoms with Crippen LogP contribution in [-0.4, -0.2) is 14.2 Å². The third-order valence-electron chi connectivity index (χ3n) is 2.06. The average Bonchev–Trinajstić information content (AvgIpc) is 2.16. The third kappa shape index (κ3) is 2.95. The Balaban J connectivity index is 2.92. The summed E-state index contributed by atoms with van der Waals surface area (Å²) in [6.07, 6.45) is 1.05. The zero-order valence-corrected chi connectivity index (χ0v) is 9.33. The molecule has 0 N–H and O–H groups in total. The van der Waals surface area contributed by atoms with E-state index in [1.165, 1.54) is 5.56 Å². The zero-order chi connectivity index (χ0) is 10.6. The zero-order valence-electron chi connectivity index (χ0n) is 9.33. The molecular formula is C12H18O2. The number of hydrogen-bond acceptors (Lipinski definition) is 2. The molecule has 0 unspecified atom stereocenters. The van der Waals surface area contributed by atoms with Crippen LogP contribution in [-0.2, 0) is 6.42 Å². The van der Waals surface area contributed by atoms with Crippen molar-refractivity contribution >= 4 is 0 Å². The van der Waals surface area contributed by atoms with Crippen LogP contribution in [0.15, 0.2) is 18.2 Å². The summed E-state index contributed by atoms with van der Waals surface area (Å²) in [5, 5.41) is 0. The molecule has 1 aromatic rings. The normalized spacial score (nSPS) is 10.4. The molecule has 0 saturated heterocycles. The highest BCUT2D eigenvalue weighted by molar-refractivity contribution is 5.38. The van der Waals surface area contributed by atoms with Gasteiger partial charge in [-0.3, -0.25) is 0 Å². The molecule has 0 heterocycles. The molecule has 0 aliphatic rings. The summed E-state index contributed by atoms with van der Waals surface area (Å²) in [6, 6.07) is 6.01. The van der Waals surface area contributed by atoms with Crippen LogP contribution in [0, 0.1) is 5.92 Å². The first-order valence-corrected chi connectivity index (χ1v) is 4.87. The van der Waals surface area contributed by atoms with Crippen LogP contribution in [0.25, 0.3) is 0 Å². The van der Waals surface area contributed by atoms with Gasteiger partial charge >= 0.3 is 0 Å². The summed E-state index contributed by atoms with van der Waals surface area (Å²) in [4.78, 5) is 0. The summed E-state index contributed by atoms with van der Waals surface area (Å²) < 4.78 is 10.4. The summed E-state index contributed by atoms with van der Waals surface area (Å²) in [7, 11) is 3.35. The largest absolute Gasteiger partial charge is 0.497 e. The molecular weight excluding hydrogens is 176 g/mol. The highest BCUT2D eigenvalue weighted by Crippen LogP contribution is 2.23. The molecule has 0 fully saturated rings. The van der Waals surface area contributed by atoms with E-state index < -0.39 is 0 Å². The van der Waals surface area contributed by atoms with E-state index in [4.69, 9.17) is 9.47 Å². The second kappa shape index (κ2) is 4.89. The summed E-state index contributed by atoms with van der Waals surface area (Å²) >= 11 is 0. The molecule has 0 saturated carbocycles. The van der Waals surface area contributed by atoms with Gasteiger partial charge in [-0.05, 0) is 30.0 Å². The molecule has 1 aromatic carbocycles. The predicted molar refractivity (Wildman–Crippen MR) is 58.1 cm³/mol. The summed E-state index contributed by atoms with van der Waals surface area (Å²) in [5.74, 6) is 2.37. The quantitative estimate of drug-likeness (QED) is 0.733. The van der Waals surface area contributed by atoms with Gasteiger partial charge in [0.05, 0.1) is 14.2 Å². The van der Waals surface area contributed by atoms with E-state index in [0.29, 0.717) is 5.92 Å². The Bertz CT molecular complexity index is 270. The lowest BCUT2D eigenvalue weighted by atomic mass is 10.0. The van der Waals surface area contributed by atoms with Crippen molar-refractivity contribution in [3.8, 4) is 11.5 Å². The van der Waals surface area contributed by atoms with E-state index in [9.17, 15) is 0 Å². The summed E-state index contributed by atoms with van der Waals surface area (Å²) in [5.41, 5.74) is 1.26. The van der Waals surface area contributed by atoms with Crippen molar-refractivity contribution in [1.82, 2.24) is 0 Å². The fraction of sp³-hybridized carbons (Fsp3) is 0.500. The average molecular weight is 194 g/mol. The van der Waals surface area contributed by atoms with Gasteiger partial charge in [0.25, 0.3) is 0 Å². The maximum atomic E-state index is 5.20. The SMILES string of the molecule is COc1cc(CC(C)C)cc(OC)c1. The molecule has 0 radical (unpaired) electrons. The van der Waals surface area contributed by atoms with Crippen molar-refractivity contribution in [1.29, 1.82) is 0 Å². The Morgan fingerprint density at radius 3 is 1.86 bits per heavy atom. The number of ether oxygens (including phenoxy) is 2. The van der Waals surface area contributed by atoms with E-state index >= 15 is 0 Å². The van der Waals surface area contributed by atoms with Crippen molar-refractivity contribution in [2.24, 2.45) is 5.92 Å². The van der Waals surface area contributed by atoms with Crippen molar-refractivity contribution < 1.29 is 9.47 Å². The van der Waals surface area contributed by atoms with Gasteiger partial charge in [0.15, 0.2) is 0 Å². The van der Waals surface area contributed by atoms with Gasteiger partial charge in [-0.1, -0.05) is 13.8 Å². The summed E-state index contributed by atoms with van der Waals surface area (Å²) in [6.45, 7) is 4.40. The smallest absolute Gasteiger partial charge is 0.122 e. The van der Waals surface area contributed by atoms with E-state index in [1.54, 1.807) is 14.2 Å². The van der Waals surface area contributed by atoms with E-state index in [2.05, 4.69) is 26.0 Å². The Morgan fingerprint density at radius 2 is 1.50 bits per heavy atom. The number of methoxy groups -OCH3 is 2. The van der Waals surface area contributed by atoms with Crippen LogP contribution in [0.3, 0.4) is 0 Å². The lowest BCUT2D eigenvalue weighted by Gasteiger charge is -2.09. The lowest BCUT2D eigenvalue weighted by molar-refractivity contribution is 0.393. The molecule has 0 atom stereocenters. The lowest BCUT2D eigenvalue weighted by Crippen LogP contribution is -1.96. The van der Waals surface area contributed by atoms with Gasteiger partial charge in [-0.25, -0.2) is 0 Å². The molecule has 78 valence electrons. The Labute approximate surface area is 85.8 Å². The van der Waals surface area contributed by atoms with Crippen molar-refractivity contribution in [2.75, 3.05) is 14.2 Å². The molecule has 0 bridgehead atoms. The second-order valence-electron chi connectivity index (χ2n) is 3.82. The van der Waals surface area contributed by atoms with Crippen molar-refractivity contribution in [2.45, 2.75) is 20.3 Å². The van der Waals surface area contributed by atoms with Crippen molar-refractivity contribution in [3.05, 3.63) is 23.8 Å². The minimum absolute atomic E-state index is 0.645. The first kappa shape index (κ1) is 10.9. The van der Waals surface area contributed by atoms with Gasteiger partial charge in [0.2, 0.25) is 0 Å². The highest BCUT2D eigenvalue weighted by atomic mass is 16.5. The topological polar surface area (TPSA) is 18.5 Å². The third-order valence-corrected chi connectivity index (χ3v) is 2.06. The maximum absolute atomic E-state index is 5.20. The van der Waals surface area contributed by atoms with Crippen LogP contribution in [0.1, 0.15) is 19.4 Å². The molecule has 14 heavy (non-hydrogen) atoms. The van der Waals surface area contributed by atoms with E-state index in [-0.39, 0.29) is 0 Å². The Morgan fingerprint density at radius 1 is 1.00 bits per heavy atom. The molecule has 0 amide bonds. The predicted octanol–water partition coefficient (Wildman–Crippen LogP) is 2.90. The van der Waals surface area contributed by atoms with E-state index in [1.807, 2.05) is 6.07 Å². The molecule has 2 heteroatoms. The van der Waals surface area contributed by atoms with Gasteiger partial charge in [0.1, 0.15) is 11.5 Å². The van der Waals surface area contributed by atoms with Gasteiger partial charge < -0.3 is 9.47 Å². The van der Waals surface area contributed by atoms with Crippen LogP contribution in [0.5, 0.6) is 11.5 Å². The first-order chi connectivity index (χ1) is 6.65. The Kier molecular flexibility index (Phi) is 3.81. The molecule has 1 rings (SSSR count). The monoisotopic (exact) mass is 194 g/mol. The molecule has 0 spiro atoms. The van der Waals surface area contributed by atoms with Gasteiger partial charge in [-0.2, -0.15) is 0 Å². The highest BCUT2D eigenvalue weighted by Gasteiger charge is 2.03. The van der Waals surface area contributed by atoms with Gasteiger partial charge in [-0.15, -0.1) is 0 Å². The van der Waals surface area contributed by atoms with Crippen LogP contribution < -0.4 is 9.47 Å². The molecule has 0 aliphatic heterocycles. The minimum Gasteiger partial charge on any atom is -0.497 e. The van der Waals surface area contributed by atoms with Crippen LogP contribution in [0.2, 0.25) is 0 Å². The first-order valence-electron chi connectivity index (χ1n) is 4.87. The van der Waals surface area contributed by atoms with E-state index in [0.717, 1.165) is 17.9 Å². The number of benzene rings is 1. The fourth-order valence-electron chi connectivity index (χ4n) is 1.46. The maximum Gasteiger partial charge on any atom is 0.122 e. The molecule has 2 nitrogen and oxygen atoms in total. The van der Waals surface area contributed by atoms with Crippen molar-refractivity contribution in [3.63, 3.8) is 0 Å². The number of rotatable bonds is 4. The molecule has 0 aliphatic carbocycles. The molecule has 0 aromatic heterocycles. The number of hydrogen-bond donors (Lipinski definition) is 0.